The van der Waals surface area contributed by atoms with E-state index in [0.717, 1.165) is 5.56 Å². The van der Waals surface area contributed by atoms with Crippen LogP contribution in [-0.4, -0.2) is 38.3 Å². The molecule has 8 heteroatoms. The van der Waals surface area contributed by atoms with Crippen LogP contribution < -0.4 is 10.1 Å². The Hall–Kier alpha value is -2.09. The van der Waals surface area contributed by atoms with E-state index < -0.39 is 10.0 Å². The molecule has 0 aromatic heterocycles. The molecule has 1 aliphatic heterocycles. The van der Waals surface area contributed by atoms with Crippen molar-refractivity contribution in [3.63, 3.8) is 0 Å². The molecule has 0 spiro atoms. The van der Waals surface area contributed by atoms with Gasteiger partial charge in [-0.15, -0.1) is 0 Å². The molecule has 6 nitrogen and oxygen atoms in total. The van der Waals surface area contributed by atoms with Crippen LogP contribution in [0.1, 0.15) is 38.3 Å². The number of sulfonamides is 1. The Kier molecular flexibility index (Phi) is 7.39. The highest BCUT2D eigenvalue weighted by atomic mass is 35.5. The second kappa shape index (κ2) is 9.81. The third-order valence-electron chi connectivity index (χ3n) is 5.26. The van der Waals surface area contributed by atoms with Crippen molar-refractivity contribution >= 4 is 27.5 Å². The van der Waals surface area contributed by atoms with Gasteiger partial charge in [0.15, 0.2) is 0 Å². The van der Waals surface area contributed by atoms with Crippen molar-refractivity contribution in [2.75, 3.05) is 19.7 Å². The first kappa shape index (κ1) is 22.6. The molecule has 1 saturated heterocycles. The molecule has 0 saturated carbocycles. The molecule has 0 aliphatic carbocycles. The van der Waals surface area contributed by atoms with Crippen LogP contribution in [0.25, 0.3) is 0 Å². The number of carbonyl (C=O) groups is 1. The number of ether oxygens (including phenoxy) is 1. The van der Waals surface area contributed by atoms with Crippen molar-refractivity contribution in [1.29, 1.82) is 0 Å². The number of nitrogens with one attached hydrogen (secondary N) is 1. The second-order valence-corrected chi connectivity index (χ2v) is 9.76. The molecule has 2 aromatic rings. The summed E-state index contributed by atoms with van der Waals surface area (Å²) in [5.41, 5.74) is 0.947. The highest BCUT2D eigenvalue weighted by Crippen LogP contribution is 2.26. The summed E-state index contributed by atoms with van der Waals surface area (Å²) in [6, 6.07) is 13.5. The lowest BCUT2D eigenvalue weighted by molar-refractivity contribution is -0.126. The van der Waals surface area contributed by atoms with Crippen molar-refractivity contribution in [3.8, 4) is 5.75 Å². The minimum atomic E-state index is -3.66. The van der Waals surface area contributed by atoms with E-state index in [0.29, 0.717) is 36.8 Å². The van der Waals surface area contributed by atoms with E-state index in [4.69, 9.17) is 16.3 Å². The maximum absolute atomic E-state index is 13.0. The van der Waals surface area contributed by atoms with Crippen LogP contribution in [0.3, 0.4) is 0 Å². The van der Waals surface area contributed by atoms with Crippen LogP contribution in [-0.2, 0) is 14.8 Å². The lowest BCUT2D eigenvalue weighted by Crippen LogP contribution is -2.45. The molecular weight excluding hydrogens is 424 g/mol. The number of rotatable bonds is 7. The van der Waals surface area contributed by atoms with Crippen LogP contribution in [0.15, 0.2) is 53.4 Å². The first-order chi connectivity index (χ1) is 14.3. The summed E-state index contributed by atoms with van der Waals surface area (Å²) in [6.45, 7) is 4.88. The largest absolute Gasteiger partial charge is 0.494 e. The summed E-state index contributed by atoms with van der Waals surface area (Å²) in [4.78, 5) is 13.0. The molecule has 1 aliphatic rings. The van der Waals surface area contributed by atoms with Gasteiger partial charge < -0.3 is 10.1 Å². The summed E-state index contributed by atoms with van der Waals surface area (Å²) in [5, 5.41) is 3.64. The number of piperidine rings is 1. The molecule has 0 bridgehead atoms. The van der Waals surface area contributed by atoms with Crippen LogP contribution in [0.5, 0.6) is 5.75 Å². The number of carbonyl (C=O) groups excluding carboxylic acids is 1. The van der Waals surface area contributed by atoms with Gasteiger partial charge in [-0.3, -0.25) is 4.79 Å². The summed E-state index contributed by atoms with van der Waals surface area (Å²) in [7, 11) is -3.66. The van der Waals surface area contributed by atoms with Gasteiger partial charge in [0.25, 0.3) is 0 Å². The van der Waals surface area contributed by atoms with E-state index in [9.17, 15) is 13.2 Å². The highest BCUT2D eigenvalue weighted by Gasteiger charge is 2.33. The topological polar surface area (TPSA) is 75.7 Å². The van der Waals surface area contributed by atoms with E-state index in [-0.39, 0.29) is 29.3 Å². The average Bonchev–Trinajstić information content (AvgIpc) is 2.75. The minimum absolute atomic E-state index is 0.135. The number of hydrogen-bond donors (Lipinski definition) is 1. The van der Waals surface area contributed by atoms with Crippen molar-refractivity contribution in [2.45, 2.75) is 37.6 Å². The quantitative estimate of drug-likeness (QED) is 0.691. The van der Waals surface area contributed by atoms with Crippen molar-refractivity contribution in [3.05, 3.63) is 59.1 Å². The molecule has 0 unspecified atom stereocenters. The first-order valence-electron chi connectivity index (χ1n) is 10.1. The van der Waals surface area contributed by atoms with Gasteiger partial charge in [0.1, 0.15) is 5.75 Å². The van der Waals surface area contributed by atoms with Crippen LogP contribution in [0.2, 0.25) is 5.02 Å². The SMILES string of the molecule is CCOc1ccc(S(=O)(=O)N2CCC[C@@H](C(=O)N[C@H](C)c3ccc(Cl)cc3)C2)cc1. The molecule has 0 radical (unpaired) electrons. The third kappa shape index (κ3) is 5.33. The molecule has 1 heterocycles. The highest BCUT2D eigenvalue weighted by molar-refractivity contribution is 7.89. The maximum atomic E-state index is 13.0. The molecular formula is C22H27ClN2O4S. The van der Waals surface area contributed by atoms with Gasteiger partial charge in [0.2, 0.25) is 15.9 Å². The molecule has 2 atom stereocenters. The predicted octanol–water partition coefficient (Wildman–Crippen LogP) is 4.02. The molecule has 1 N–H and O–H groups in total. The van der Waals surface area contributed by atoms with Crippen molar-refractivity contribution in [2.24, 2.45) is 5.92 Å². The number of nitrogens with zero attached hydrogens (tertiary/aromatic N) is 1. The molecule has 1 fully saturated rings. The van der Waals surface area contributed by atoms with E-state index in [1.54, 1.807) is 36.4 Å². The fourth-order valence-corrected chi connectivity index (χ4v) is 5.21. The van der Waals surface area contributed by atoms with Gasteiger partial charge in [0, 0.05) is 18.1 Å². The number of amides is 1. The summed E-state index contributed by atoms with van der Waals surface area (Å²) >= 11 is 5.92. The van der Waals surface area contributed by atoms with E-state index in [2.05, 4.69) is 5.32 Å². The summed E-state index contributed by atoms with van der Waals surface area (Å²) < 4.78 is 32.9. The normalized spacial score (nSPS) is 18.6. The fourth-order valence-electron chi connectivity index (χ4n) is 3.56. The predicted molar refractivity (Wildman–Crippen MR) is 117 cm³/mol. The van der Waals surface area contributed by atoms with Gasteiger partial charge in [0.05, 0.1) is 23.5 Å². The van der Waals surface area contributed by atoms with Crippen molar-refractivity contribution < 1.29 is 17.9 Å². The summed E-state index contributed by atoms with van der Waals surface area (Å²) in [6.07, 6.45) is 1.30. The number of halogens is 1. The lowest BCUT2D eigenvalue weighted by Gasteiger charge is -2.32. The molecule has 162 valence electrons. The number of benzene rings is 2. The Morgan fingerprint density at radius 2 is 1.87 bits per heavy atom. The first-order valence-corrected chi connectivity index (χ1v) is 11.9. The van der Waals surface area contributed by atoms with Crippen LogP contribution >= 0.6 is 11.6 Å². The fraction of sp³-hybridized carbons (Fsp3) is 0.409. The Labute approximate surface area is 183 Å². The minimum Gasteiger partial charge on any atom is -0.494 e. The van der Waals surface area contributed by atoms with Gasteiger partial charge in [-0.1, -0.05) is 23.7 Å². The standard InChI is InChI=1S/C22H27ClN2O4S/c1-3-29-20-10-12-21(13-11-20)30(27,28)25-14-4-5-18(15-25)22(26)24-16(2)17-6-8-19(23)9-7-17/h6-13,16,18H,3-5,14-15H2,1-2H3,(H,24,26)/t16-,18-/m1/s1. The Balaban J connectivity index is 1.66. The van der Waals surface area contributed by atoms with E-state index >= 15 is 0 Å². The van der Waals surface area contributed by atoms with Crippen LogP contribution in [0.4, 0.5) is 0 Å². The zero-order valence-corrected chi connectivity index (χ0v) is 18.7. The van der Waals surface area contributed by atoms with Gasteiger partial charge in [-0.05, 0) is 68.7 Å². The average molecular weight is 451 g/mol. The van der Waals surface area contributed by atoms with Gasteiger partial charge >= 0.3 is 0 Å². The Bertz CT molecular complexity index is 962. The maximum Gasteiger partial charge on any atom is 0.243 e. The molecule has 30 heavy (non-hydrogen) atoms. The van der Waals surface area contributed by atoms with Crippen molar-refractivity contribution in [1.82, 2.24) is 9.62 Å². The van der Waals surface area contributed by atoms with Gasteiger partial charge in [-0.2, -0.15) is 4.31 Å². The molecule has 3 rings (SSSR count). The Morgan fingerprint density at radius 3 is 2.50 bits per heavy atom. The zero-order chi connectivity index (χ0) is 21.7. The smallest absolute Gasteiger partial charge is 0.243 e. The van der Waals surface area contributed by atoms with Crippen LogP contribution in [0, 0.1) is 5.92 Å². The molecule has 2 aromatic carbocycles. The van der Waals surface area contributed by atoms with E-state index in [1.807, 2.05) is 26.0 Å². The van der Waals surface area contributed by atoms with Gasteiger partial charge in [-0.25, -0.2) is 8.42 Å². The monoisotopic (exact) mass is 450 g/mol. The number of hydrogen-bond acceptors (Lipinski definition) is 4. The zero-order valence-electron chi connectivity index (χ0n) is 17.2. The Morgan fingerprint density at radius 1 is 1.20 bits per heavy atom. The molecule has 1 amide bonds. The van der Waals surface area contributed by atoms with E-state index in [1.165, 1.54) is 4.31 Å². The second-order valence-electron chi connectivity index (χ2n) is 7.39. The third-order valence-corrected chi connectivity index (χ3v) is 7.39. The lowest BCUT2D eigenvalue weighted by atomic mass is 9.98. The summed E-state index contributed by atoms with van der Waals surface area (Å²) in [5.74, 6) is 0.110.